The average Bonchev–Trinajstić information content (AvgIpc) is 3.45. The number of rotatable bonds is 9. The smallest absolute Gasteiger partial charge is 0.258 e. The minimum absolute atomic E-state index is 0.230. The Balaban J connectivity index is 1.63. The summed E-state index contributed by atoms with van der Waals surface area (Å²) >= 11 is 0. The van der Waals surface area contributed by atoms with Crippen molar-refractivity contribution in [2.75, 3.05) is 31.2 Å². The molecule has 4 rings (SSSR count). The van der Waals surface area contributed by atoms with E-state index in [1.54, 1.807) is 0 Å². The molecular weight excluding hydrogens is 392 g/mol. The number of anilines is 1. The molecule has 164 valence electrons. The molecule has 0 radical (unpaired) electrons. The van der Waals surface area contributed by atoms with Gasteiger partial charge in [0.05, 0.1) is 6.61 Å². The van der Waals surface area contributed by atoms with Gasteiger partial charge in [-0.2, -0.15) is 4.98 Å². The fourth-order valence-electron chi connectivity index (χ4n) is 3.73. The lowest BCUT2D eigenvalue weighted by atomic mass is 10.0. The maximum Gasteiger partial charge on any atom is 0.258 e. The molecule has 0 saturated carbocycles. The van der Waals surface area contributed by atoms with Gasteiger partial charge >= 0.3 is 0 Å². The summed E-state index contributed by atoms with van der Waals surface area (Å²) in [5.41, 5.74) is 4.92. The number of nitrogens with zero attached hydrogens (tertiary/aromatic N) is 4. The van der Waals surface area contributed by atoms with Crippen LogP contribution in [0.2, 0.25) is 0 Å². The van der Waals surface area contributed by atoms with Crippen LogP contribution in [-0.4, -0.2) is 47.5 Å². The fourth-order valence-corrected chi connectivity index (χ4v) is 3.73. The number of aryl methyl sites for hydroxylation is 3. The van der Waals surface area contributed by atoms with Crippen LogP contribution >= 0.6 is 0 Å². The normalized spacial score (nSPS) is 15.2. The number of aromatic nitrogens is 3. The van der Waals surface area contributed by atoms with Crippen LogP contribution in [0.15, 0.2) is 28.8 Å². The second kappa shape index (κ2) is 9.06. The summed E-state index contributed by atoms with van der Waals surface area (Å²) in [6.45, 7) is 13.6. The zero-order chi connectivity index (χ0) is 22.0. The molecule has 1 aromatic carbocycles. The molecule has 1 fully saturated rings. The molecule has 0 bridgehead atoms. The number of benzene rings is 1. The van der Waals surface area contributed by atoms with E-state index in [0.717, 1.165) is 65.6 Å². The predicted molar refractivity (Wildman–Crippen MR) is 121 cm³/mol. The van der Waals surface area contributed by atoms with Crippen molar-refractivity contribution in [3.8, 4) is 28.6 Å². The molecule has 1 aliphatic heterocycles. The first kappa shape index (κ1) is 21.3. The van der Waals surface area contributed by atoms with Gasteiger partial charge in [-0.15, -0.1) is 0 Å². The highest BCUT2D eigenvalue weighted by atomic mass is 16.6. The number of pyridine rings is 1. The first-order chi connectivity index (χ1) is 15.0. The van der Waals surface area contributed by atoms with Gasteiger partial charge in [-0.1, -0.05) is 12.1 Å². The summed E-state index contributed by atoms with van der Waals surface area (Å²) in [5, 5.41) is 4.26. The van der Waals surface area contributed by atoms with Crippen molar-refractivity contribution in [2.24, 2.45) is 0 Å². The van der Waals surface area contributed by atoms with Crippen molar-refractivity contribution < 1.29 is 14.0 Å². The van der Waals surface area contributed by atoms with Crippen LogP contribution in [0.25, 0.3) is 22.8 Å². The summed E-state index contributed by atoms with van der Waals surface area (Å²) in [6.07, 6.45) is 1.09. The molecule has 1 atom stereocenters. The molecular formula is C24H30N4O3. The van der Waals surface area contributed by atoms with Crippen molar-refractivity contribution in [2.45, 2.75) is 47.1 Å². The fraction of sp³-hybridized carbons (Fsp3) is 0.458. The van der Waals surface area contributed by atoms with Gasteiger partial charge in [-0.25, -0.2) is 4.98 Å². The van der Waals surface area contributed by atoms with E-state index in [1.165, 1.54) is 0 Å². The number of ether oxygens (including phenoxy) is 2. The zero-order valence-corrected chi connectivity index (χ0v) is 18.9. The number of epoxide rings is 1. The minimum atomic E-state index is 0.230. The number of hydrogen-bond donors (Lipinski definition) is 0. The van der Waals surface area contributed by atoms with Crippen LogP contribution in [0.3, 0.4) is 0 Å². The van der Waals surface area contributed by atoms with Gasteiger partial charge in [-0.3, -0.25) is 0 Å². The summed E-state index contributed by atoms with van der Waals surface area (Å²) in [4.78, 5) is 11.6. The Hall–Kier alpha value is -2.93. The van der Waals surface area contributed by atoms with Crippen LogP contribution < -0.4 is 9.64 Å². The second-order valence-corrected chi connectivity index (χ2v) is 7.85. The molecule has 2 aromatic heterocycles. The molecule has 7 heteroatoms. The monoisotopic (exact) mass is 422 g/mol. The van der Waals surface area contributed by atoms with Crippen molar-refractivity contribution in [1.82, 2.24) is 15.1 Å². The lowest BCUT2D eigenvalue weighted by Gasteiger charge is -2.20. The molecule has 7 nitrogen and oxygen atoms in total. The van der Waals surface area contributed by atoms with Gasteiger partial charge in [0.1, 0.15) is 24.3 Å². The minimum Gasteiger partial charge on any atom is -0.490 e. The Morgan fingerprint density at radius 1 is 1.03 bits per heavy atom. The third-order valence-corrected chi connectivity index (χ3v) is 5.51. The molecule has 0 aliphatic carbocycles. The third-order valence-electron chi connectivity index (χ3n) is 5.51. The first-order valence-electron chi connectivity index (χ1n) is 11.0. The van der Waals surface area contributed by atoms with Crippen LogP contribution in [-0.2, 0) is 11.2 Å². The van der Waals surface area contributed by atoms with Crippen LogP contribution in [0, 0.1) is 13.8 Å². The summed E-state index contributed by atoms with van der Waals surface area (Å²) < 4.78 is 16.9. The van der Waals surface area contributed by atoms with Crippen LogP contribution in [0.4, 0.5) is 5.82 Å². The lowest BCUT2D eigenvalue weighted by molar-refractivity contribution is 0.260. The summed E-state index contributed by atoms with van der Waals surface area (Å²) in [6, 6.07) is 8.13. The van der Waals surface area contributed by atoms with E-state index in [0.29, 0.717) is 18.3 Å². The third kappa shape index (κ3) is 4.71. The Kier molecular flexibility index (Phi) is 6.23. The molecule has 3 heterocycles. The predicted octanol–water partition coefficient (Wildman–Crippen LogP) is 4.60. The Morgan fingerprint density at radius 2 is 1.81 bits per heavy atom. The molecule has 1 aliphatic rings. The molecule has 1 saturated heterocycles. The molecule has 31 heavy (non-hydrogen) atoms. The molecule has 0 spiro atoms. The van der Waals surface area contributed by atoms with Gasteiger partial charge < -0.3 is 18.9 Å². The van der Waals surface area contributed by atoms with Gasteiger partial charge in [0.25, 0.3) is 5.89 Å². The van der Waals surface area contributed by atoms with Crippen LogP contribution in [0.1, 0.15) is 37.6 Å². The standard InChI is InChI=1S/C24H30N4O3/c1-6-17-11-18(9-15(4)22(17)30-14-20-13-29-20)23-26-24(31-27-23)19-10-16(5)25-21(12-19)28(7-2)8-3/h9-12,20H,6-8,13-14H2,1-5H3/t20-/m0/s1. The Bertz CT molecular complexity index is 1050. The van der Waals surface area contributed by atoms with E-state index < -0.39 is 0 Å². The topological polar surface area (TPSA) is 76.8 Å². The van der Waals surface area contributed by atoms with E-state index >= 15 is 0 Å². The molecule has 3 aromatic rings. The first-order valence-corrected chi connectivity index (χ1v) is 11.0. The maximum absolute atomic E-state index is 6.02. The molecule has 0 amide bonds. The highest BCUT2D eigenvalue weighted by Crippen LogP contribution is 2.32. The summed E-state index contributed by atoms with van der Waals surface area (Å²) in [5.74, 6) is 2.92. The van der Waals surface area contributed by atoms with Crippen molar-refractivity contribution in [3.63, 3.8) is 0 Å². The van der Waals surface area contributed by atoms with Gasteiger partial charge in [-0.05, 0) is 69.5 Å². The maximum atomic E-state index is 6.02. The zero-order valence-electron chi connectivity index (χ0n) is 18.9. The quantitative estimate of drug-likeness (QED) is 0.466. The van der Waals surface area contributed by atoms with Crippen molar-refractivity contribution >= 4 is 5.82 Å². The largest absolute Gasteiger partial charge is 0.490 e. The Labute approximate surface area is 183 Å². The van der Waals surface area contributed by atoms with Gasteiger partial charge in [0.15, 0.2) is 0 Å². The lowest BCUT2D eigenvalue weighted by Crippen LogP contribution is -2.23. The van der Waals surface area contributed by atoms with E-state index in [4.69, 9.17) is 14.0 Å². The van der Waals surface area contributed by atoms with Crippen molar-refractivity contribution in [3.05, 3.63) is 41.1 Å². The Morgan fingerprint density at radius 3 is 2.48 bits per heavy atom. The summed E-state index contributed by atoms with van der Waals surface area (Å²) in [7, 11) is 0. The highest BCUT2D eigenvalue weighted by Gasteiger charge is 2.24. The second-order valence-electron chi connectivity index (χ2n) is 7.85. The SMILES string of the molecule is CCc1cc(-c2noc(-c3cc(C)nc(N(CC)CC)c3)n2)cc(C)c1OC[C@@H]1CO1. The highest BCUT2D eigenvalue weighted by molar-refractivity contribution is 5.65. The average molecular weight is 423 g/mol. The molecule has 0 N–H and O–H groups in total. The number of hydrogen-bond acceptors (Lipinski definition) is 7. The van der Waals surface area contributed by atoms with Gasteiger partial charge in [0, 0.05) is 29.9 Å². The van der Waals surface area contributed by atoms with E-state index in [2.05, 4.69) is 59.9 Å². The van der Waals surface area contributed by atoms with Crippen molar-refractivity contribution in [1.29, 1.82) is 0 Å². The van der Waals surface area contributed by atoms with E-state index in [9.17, 15) is 0 Å². The van der Waals surface area contributed by atoms with E-state index in [-0.39, 0.29) is 6.10 Å². The van der Waals surface area contributed by atoms with Crippen LogP contribution in [0.5, 0.6) is 5.75 Å². The molecule has 0 unspecified atom stereocenters. The van der Waals surface area contributed by atoms with E-state index in [1.807, 2.05) is 19.1 Å². The van der Waals surface area contributed by atoms with Gasteiger partial charge in [0.2, 0.25) is 5.82 Å².